The van der Waals surface area contributed by atoms with E-state index < -0.39 is 35.6 Å². The fourth-order valence-electron chi connectivity index (χ4n) is 4.38. The Bertz CT molecular complexity index is 1130. The van der Waals surface area contributed by atoms with E-state index in [1.807, 2.05) is 13.0 Å². The van der Waals surface area contributed by atoms with E-state index in [1.165, 1.54) is 13.0 Å². The van der Waals surface area contributed by atoms with Gasteiger partial charge in [-0.2, -0.15) is 5.01 Å². The monoisotopic (exact) mass is 450 g/mol. The Morgan fingerprint density at radius 2 is 1.62 bits per heavy atom. The van der Waals surface area contributed by atoms with Crippen LogP contribution in [0.3, 0.4) is 0 Å². The summed E-state index contributed by atoms with van der Waals surface area (Å²) in [5.41, 5.74) is 1.53. The van der Waals surface area contributed by atoms with Crippen molar-refractivity contribution in [1.82, 2.24) is 10.0 Å². The van der Waals surface area contributed by atoms with Crippen molar-refractivity contribution in [3.8, 4) is 0 Å². The van der Waals surface area contributed by atoms with Crippen LogP contribution < -0.4 is 0 Å². The predicted molar refractivity (Wildman–Crippen MR) is 120 cm³/mol. The number of imide groups is 1. The first kappa shape index (κ1) is 22.0. The summed E-state index contributed by atoms with van der Waals surface area (Å²) in [5, 5.41) is 2.06. The number of carbonyl (C=O) groups excluding carboxylic acids is 4. The fraction of sp³-hybridized carbons (Fsp3) is 0.280. The van der Waals surface area contributed by atoms with Crippen LogP contribution >= 0.6 is 11.6 Å². The molecule has 2 aliphatic rings. The smallest absolute Gasteiger partial charge is 0.275 e. The topological polar surface area (TPSA) is 74.8 Å². The van der Waals surface area contributed by atoms with Gasteiger partial charge in [0.05, 0.1) is 22.4 Å². The highest BCUT2D eigenvalue weighted by Crippen LogP contribution is 2.39. The predicted octanol–water partition coefficient (Wildman–Crippen LogP) is 4.31. The first-order valence-electron chi connectivity index (χ1n) is 10.5. The van der Waals surface area contributed by atoms with Crippen LogP contribution in [0, 0.1) is 11.8 Å². The molecule has 0 spiro atoms. The van der Waals surface area contributed by atoms with Gasteiger partial charge in [0.2, 0.25) is 0 Å². The average Bonchev–Trinajstić information content (AvgIpc) is 3.04. The first-order valence-corrected chi connectivity index (χ1v) is 10.9. The third-order valence-electron chi connectivity index (χ3n) is 6.13. The number of ketones is 1. The van der Waals surface area contributed by atoms with E-state index in [1.54, 1.807) is 48.5 Å². The number of hydrazine groups is 1. The molecular weight excluding hydrogens is 428 g/mol. The molecule has 0 saturated carbocycles. The number of hydrogen-bond donors (Lipinski definition) is 0. The molecule has 4 rings (SSSR count). The largest absolute Gasteiger partial charge is 0.292 e. The molecule has 0 N–H and O–H groups in total. The summed E-state index contributed by atoms with van der Waals surface area (Å²) in [6, 6.07) is 13.8. The number of rotatable bonds is 5. The van der Waals surface area contributed by atoms with Crippen molar-refractivity contribution in [2.24, 2.45) is 11.8 Å². The Hall–Kier alpha value is -3.25. The molecule has 0 aromatic heterocycles. The number of benzene rings is 2. The summed E-state index contributed by atoms with van der Waals surface area (Å²) in [6.45, 7) is 3.45. The van der Waals surface area contributed by atoms with E-state index >= 15 is 0 Å². The molecule has 2 aromatic rings. The van der Waals surface area contributed by atoms with E-state index in [9.17, 15) is 19.2 Å². The molecule has 3 amide bonds. The molecule has 3 atom stereocenters. The molecule has 0 unspecified atom stereocenters. The minimum Gasteiger partial charge on any atom is -0.292 e. The maximum Gasteiger partial charge on any atom is 0.275 e. The van der Waals surface area contributed by atoms with Crippen molar-refractivity contribution in [1.29, 1.82) is 0 Å². The van der Waals surface area contributed by atoms with E-state index in [0.29, 0.717) is 18.4 Å². The summed E-state index contributed by atoms with van der Waals surface area (Å²) in [7, 11) is 0. The van der Waals surface area contributed by atoms with Gasteiger partial charge in [-0.3, -0.25) is 19.2 Å². The molecule has 1 heterocycles. The molecule has 0 bridgehead atoms. The van der Waals surface area contributed by atoms with Gasteiger partial charge in [-0.05, 0) is 38.8 Å². The normalized spacial score (nSPS) is 21.1. The van der Waals surface area contributed by atoms with Crippen molar-refractivity contribution in [2.45, 2.75) is 32.7 Å². The second-order valence-electron chi connectivity index (χ2n) is 8.23. The number of allylic oxidation sites excluding steroid dienone is 2. The lowest BCUT2D eigenvalue weighted by atomic mass is 9.82. The summed E-state index contributed by atoms with van der Waals surface area (Å²) in [6.07, 6.45) is 2.85. The van der Waals surface area contributed by atoms with Crippen molar-refractivity contribution in [3.63, 3.8) is 0 Å². The molecule has 1 aliphatic heterocycles. The van der Waals surface area contributed by atoms with Gasteiger partial charge in [0.1, 0.15) is 6.04 Å². The lowest BCUT2D eigenvalue weighted by molar-refractivity contribution is -0.156. The van der Waals surface area contributed by atoms with Crippen LogP contribution in [-0.4, -0.2) is 39.6 Å². The van der Waals surface area contributed by atoms with Gasteiger partial charge in [0, 0.05) is 5.56 Å². The van der Waals surface area contributed by atoms with Crippen LogP contribution in [0.1, 0.15) is 47.4 Å². The first-order chi connectivity index (χ1) is 15.3. The van der Waals surface area contributed by atoms with Gasteiger partial charge in [-0.25, -0.2) is 5.01 Å². The highest BCUT2D eigenvalue weighted by atomic mass is 35.5. The van der Waals surface area contributed by atoms with Gasteiger partial charge in [-0.1, -0.05) is 65.7 Å². The minimum absolute atomic E-state index is 0.117. The zero-order valence-electron chi connectivity index (χ0n) is 17.8. The number of halogens is 1. The highest BCUT2D eigenvalue weighted by Gasteiger charge is 2.53. The second kappa shape index (κ2) is 8.71. The van der Waals surface area contributed by atoms with Crippen LogP contribution in [0.15, 0.2) is 66.2 Å². The van der Waals surface area contributed by atoms with Gasteiger partial charge >= 0.3 is 0 Å². The number of Topliss-reactive ketones (excluding diaryl/α,β-unsaturated/α-hetero) is 1. The molecule has 164 valence electrons. The van der Waals surface area contributed by atoms with Crippen molar-refractivity contribution in [3.05, 3.63) is 82.4 Å². The van der Waals surface area contributed by atoms with Crippen LogP contribution in [0.5, 0.6) is 0 Å². The van der Waals surface area contributed by atoms with E-state index in [-0.39, 0.29) is 16.4 Å². The fourth-order valence-corrected chi connectivity index (χ4v) is 4.60. The van der Waals surface area contributed by atoms with Gasteiger partial charge in [0.15, 0.2) is 5.78 Å². The van der Waals surface area contributed by atoms with Crippen LogP contribution in [0.2, 0.25) is 5.02 Å². The average molecular weight is 451 g/mol. The molecule has 7 heteroatoms. The standard InChI is InChI=1S/C25H23ClN2O4/c1-15-12-13-18-20(14-15)25(32)28(23(18)30)27(24(31)19-10-6-7-11-21(19)26)16(2)22(29)17-8-4-3-5-9-17/h3-12,16,18,20H,13-14H2,1-2H3/t16-,18-,20-/m0/s1. The van der Waals surface area contributed by atoms with Gasteiger partial charge in [0.25, 0.3) is 17.7 Å². The molecule has 1 aliphatic carbocycles. The second-order valence-corrected chi connectivity index (χ2v) is 8.63. The number of nitrogens with zero attached hydrogens (tertiary/aromatic N) is 2. The van der Waals surface area contributed by atoms with Crippen molar-refractivity contribution >= 4 is 35.1 Å². The van der Waals surface area contributed by atoms with Crippen LogP contribution in [0.25, 0.3) is 0 Å². The summed E-state index contributed by atoms with van der Waals surface area (Å²) >= 11 is 6.26. The SMILES string of the molecule is CC1=CC[C@@H]2C(=O)N(N(C(=O)c3ccccc3Cl)[C@@H](C)C(=O)c3ccccc3)C(=O)[C@H]2C1. The van der Waals surface area contributed by atoms with Gasteiger partial charge in [-0.15, -0.1) is 0 Å². The zero-order valence-corrected chi connectivity index (χ0v) is 18.6. The van der Waals surface area contributed by atoms with E-state index in [0.717, 1.165) is 15.6 Å². The number of fused-ring (bicyclic) bond motifs is 1. The van der Waals surface area contributed by atoms with E-state index in [4.69, 9.17) is 11.6 Å². The molecule has 6 nitrogen and oxygen atoms in total. The van der Waals surface area contributed by atoms with E-state index in [2.05, 4.69) is 0 Å². The lowest BCUT2D eigenvalue weighted by Crippen LogP contribution is -2.56. The summed E-state index contributed by atoms with van der Waals surface area (Å²) in [4.78, 5) is 53.6. The molecule has 1 fully saturated rings. The number of amides is 3. The molecule has 0 radical (unpaired) electrons. The Labute approximate surface area is 191 Å². The van der Waals surface area contributed by atoms with Crippen LogP contribution in [-0.2, 0) is 9.59 Å². The Balaban J connectivity index is 1.77. The van der Waals surface area contributed by atoms with Crippen molar-refractivity contribution in [2.75, 3.05) is 0 Å². The molecule has 32 heavy (non-hydrogen) atoms. The van der Waals surface area contributed by atoms with Gasteiger partial charge < -0.3 is 0 Å². The third-order valence-corrected chi connectivity index (χ3v) is 6.46. The minimum atomic E-state index is -1.09. The van der Waals surface area contributed by atoms with Crippen LogP contribution in [0.4, 0.5) is 0 Å². The summed E-state index contributed by atoms with van der Waals surface area (Å²) < 4.78 is 0. The molecule has 2 aromatic carbocycles. The Morgan fingerprint density at radius 1 is 1.00 bits per heavy atom. The highest BCUT2D eigenvalue weighted by molar-refractivity contribution is 6.34. The number of hydrogen-bond acceptors (Lipinski definition) is 4. The maximum absolute atomic E-state index is 13.6. The Morgan fingerprint density at radius 3 is 2.31 bits per heavy atom. The zero-order chi connectivity index (χ0) is 23.0. The molecule has 1 saturated heterocycles. The van der Waals surface area contributed by atoms with Crippen molar-refractivity contribution < 1.29 is 19.2 Å². The third kappa shape index (κ3) is 3.75. The maximum atomic E-state index is 13.6. The number of carbonyl (C=O) groups is 4. The quantitative estimate of drug-likeness (QED) is 0.386. The molecular formula is C25H23ClN2O4. The summed E-state index contributed by atoms with van der Waals surface area (Å²) in [5.74, 6) is -3.04. The Kier molecular flexibility index (Phi) is 5.98. The lowest BCUT2D eigenvalue weighted by Gasteiger charge is -2.35.